The van der Waals surface area contributed by atoms with E-state index in [9.17, 15) is 0 Å². The second-order valence-electron chi connectivity index (χ2n) is 6.28. The number of nitrogens with one attached hydrogen (secondary N) is 2. The maximum absolute atomic E-state index is 3.88. The molecule has 0 saturated carbocycles. The molecule has 1 aliphatic heterocycles. The summed E-state index contributed by atoms with van der Waals surface area (Å²) in [4.78, 5) is 0. The molecule has 0 aromatic rings. The molecule has 0 aromatic heterocycles. The van der Waals surface area contributed by atoms with Crippen LogP contribution in [0.5, 0.6) is 0 Å². The summed E-state index contributed by atoms with van der Waals surface area (Å²) >= 11 is 0. The Morgan fingerprint density at radius 2 is 2.28 bits per heavy atom. The van der Waals surface area contributed by atoms with E-state index < -0.39 is 0 Å². The summed E-state index contributed by atoms with van der Waals surface area (Å²) in [5.74, 6) is 1.52. The lowest BCUT2D eigenvalue weighted by molar-refractivity contribution is 0.281. The highest BCUT2D eigenvalue weighted by Gasteiger charge is 2.29. The van der Waals surface area contributed by atoms with E-state index in [2.05, 4.69) is 35.8 Å². The Morgan fingerprint density at radius 1 is 1.33 bits per heavy atom. The van der Waals surface area contributed by atoms with Gasteiger partial charge in [0.15, 0.2) is 0 Å². The van der Waals surface area contributed by atoms with Crippen LogP contribution < -0.4 is 10.6 Å². The van der Waals surface area contributed by atoms with Crippen molar-refractivity contribution in [2.75, 3.05) is 6.54 Å². The molecule has 0 amide bonds. The molecule has 100 valence electrons. The second-order valence-corrected chi connectivity index (χ2v) is 6.28. The second kappa shape index (κ2) is 5.58. The summed E-state index contributed by atoms with van der Waals surface area (Å²) < 4.78 is 0. The molecule has 3 unspecified atom stereocenters. The van der Waals surface area contributed by atoms with Crippen LogP contribution in [0.3, 0.4) is 0 Å². The van der Waals surface area contributed by atoms with Crippen molar-refractivity contribution < 1.29 is 0 Å². The minimum absolute atomic E-state index is 0.484. The Balaban J connectivity index is 1.69. The van der Waals surface area contributed by atoms with Crippen LogP contribution in [-0.2, 0) is 0 Å². The van der Waals surface area contributed by atoms with Gasteiger partial charge in [0.2, 0.25) is 0 Å². The lowest BCUT2D eigenvalue weighted by Crippen LogP contribution is -2.50. The third-order valence-corrected chi connectivity index (χ3v) is 4.73. The molecular formula is C16H26N2. The average Bonchev–Trinajstić information content (AvgIpc) is 2.60. The van der Waals surface area contributed by atoms with Gasteiger partial charge in [-0.15, -0.1) is 0 Å². The van der Waals surface area contributed by atoms with Crippen LogP contribution >= 0.6 is 0 Å². The smallest absolute Gasteiger partial charge is 0.0641 e. The Hall–Kier alpha value is -0.600. The van der Waals surface area contributed by atoms with Crippen LogP contribution in [0.4, 0.5) is 0 Å². The minimum atomic E-state index is 0.484. The number of fused-ring (bicyclic) bond motifs is 1. The average molecular weight is 246 g/mol. The van der Waals surface area contributed by atoms with Gasteiger partial charge in [-0.3, -0.25) is 5.32 Å². The van der Waals surface area contributed by atoms with Gasteiger partial charge >= 0.3 is 0 Å². The highest BCUT2D eigenvalue weighted by Crippen LogP contribution is 2.28. The van der Waals surface area contributed by atoms with Crippen LogP contribution in [-0.4, -0.2) is 18.8 Å². The normalized spacial score (nSPS) is 40.8. The predicted molar refractivity (Wildman–Crippen MR) is 76.3 cm³/mol. The van der Waals surface area contributed by atoms with Gasteiger partial charge in [0, 0.05) is 18.5 Å². The van der Waals surface area contributed by atoms with Crippen LogP contribution in [0.25, 0.3) is 0 Å². The summed E-state index contributed by atoms with van der Waals surface area (Å²) in [6.07, 6.45) is 15.6. The summed E-state index contributed by atoms with van der Waals surface area (Å²) in [5, 5.41) is 7.60. The van der Waals surface area contributed by atoms with E-state index in [-0.39, 0.29) is 0 Å². The Kier molecular flexibility index (Phi) is 3.86. The third kappa shape index (κ3) is 2.70. The Labute approximate surface area is 111 Å². The van der Waals surface area contributed by atoms with E-state index in [1.54, 1.807) is 5.57 Å². The van der Waals surface area contributed by atoms with Crippen molar-refractivity contribution in [3.63, 3.8) is 0 Å². The van der Waals surface area contributed by atoms with Gasteiger partial charge in [0.1, 0.15) is 0 Å². The zero-order valence-corrected chi connectivity index (χ0v) is 11.5. The van der Waals surface area contributed by atoms with Crippen LogP contribution in [0.15, 0.2) is 23.8 Å². The molecule has 2 N–H and O–H groups in total. The van der Waals surface area contributed by atoms with Crippen LogP contribution in [0.2, 0.25) is 0 Å². The molecule has 0 aromatic carbocycles. The Morgan fingerprint density at radius 3 is 3.17 bits per heavy atom. The molecule has 1 fully saturated rings. The van der Waals surface area contributed by atoms with Crippen molar-refractivity contribution in [3.8, 4) is 0 Å². The Bertz CT molecular complexity index is 345. The molecule has 3 aliphatic rings. The van der Waals surface area contributed by atoms with Crippen molar-refractivity contribution in [1.82, 2.24) is 10.6 Å². The van der Waals surface area contributed by atoms with Gasteiger partial charge in [-0.1, -0.05) is 30.7 Å². The van der Waals surface area contributed by atoms with E-state index in [0.717, 1.165) is 12.5 Å². The highest BCUT2D eigenvalue weighted by molar-refractivity contribution is 5.17. The first kappa shape index (κ1) is 12.4. The summed E-state index contributed by atoms with van der Waals surface area (Å²) in [6.45, 7) is 3.51. The van der Waals surface area contributed by atoms with E-state index >= 15 is 0 Å². The molecular weight excluding hydrogens is 220 g/mol. The number of hydrogen-bond acceptors (Lipinski definition) is 2. The highest BCUT2D eigenvalue weighted by atomic mass is 15.2. The first-order valence-corrected chi connectivity index (χ1v) is 7.68. The molecule has 2 heteroatoms. The lowest BCUT2D eigenvalue weighted by Gasteiger charge is -2.33. The van der Waals surface area contributed by atoms with Gasteiger partial charge in [-0.05, 0) is 44.4 Å². The quantitative estimate of drug-likeness (QED) is 0.695. The van der Waals surface area contributed by atoms with E-state index in [1.807, 2.05) is 0 Å². The maximum atomic E-state index is 3.88. The summed E-state index contributed by atoms with van der Waals surface area (Å²) in [6, 6.07) is 0.643. The van der Waals surface area contributed by atoms with Gasteiger partial charge < -0.3 is 5.32 Å². The number of rotatable bonds is 1. The van der Waals surface area contributed by atoms with Crippen LogP contribution in [0, 0.1) is 11.8 Å². The molecule has 0 spiro atoms. The van der Waals surface area contributed by atoms with Crippen molar-refractivity contribution in [2.45, 2.75) is 57.7 Å². The fraction of sp³-hybridized carbons (Fsp3) is 0.750. The molecule has 18 heavy (non-hydrogen) atoms. The van der Waals surface area contributed by atoms with Gasteiger partial charge in [-0.25, -0.2) is 0 Å². The fourth-order valence-electron chi connectivity index (χ4n) is 3.70. The molecule has 1 saturated heterocycles. The van der Waals surface area contributed by atoms with Gasteiger partial charge in [0.25, 0.3) is 0 Å². The first-order chi connectivity index (χ1) is 8.83. The minimum Gasteiger partial charge on any atom is -0.301 e. The number of allylic oxidation sites excluding steroid dienone is 2. The molecule has 2 nitrogen and oxygen atoms in total. The number of hydrogen-bond donors (Lipinski definition) is 2. The summed E-state index contributed by atoms with van der Waals surface area (Å²) in [5.41, 5.74) is 1.66. The zero-order valence-electron chi connectivity index (χ0n) is 11.5. The largest absolute Gasteiger partial charge is 0.301 e. The van der Waals surface area contributed by atoms with Crippen LogP contribution in [0.1, 0.15) is 45.4 Å². The van der Waals surface area contributed by atoms with Crippen molar-refractivity contribution >= 4 is 0 Å². The SMILES string of the molecule is CC1CC=CC(C2NCCC3=CCCC[C@@H]3N2)C1. The molecule has 2 aliphatic carbocycles. The van der Waals surface area contributed by atoms with Gasteiger partial charge in [-0.2, -0.15) is 0 Å². The van der Waals surface area contributed by atoms with Crippen molar-refractivity contribution in [2.24, 2.45) is 11.8 Å². The van der Waals surface area contributed by atoms with Crippen molar-refractivity contribution in [1.29, 1.82) is 0 Å². The topological polar surface area (TPSA) is 24.1 Å². The predicted octanol–water partition coefficient (Wildman–Crippen LogP) is 2.98. The molecule has 1 heterocycles. The van der Waals surface area contributed by atoms with E-state index in [1.165, 1.54) is 38.5 Å². The zero-order chi connectivity index (χ0) is 12.4. The fourth-order valence-corrected chi connectivity index (χ4v) is 3.70. The standard InChI is InChI=1S/C16H26N2/c1-12-5-4-7-14(11-12)16-17-10-9-13-6-2-3-8-15(13)18-16/h4,6-7,12,14-18H,2-3,5,8-11H2,1H3/t12?,14?,15-,16?/m0/s1. The van der Waals surface area contributed by atoms with Gasteiger partial charge in [0.05, 0.1) is 6.17 Å². The maximum Gasteiger partial charge on any atom is 0.0641 e. The van der Waals surface area contributed by atoms with E-state index in [4.69, 9.17) is 0 Å². The third-order valence-electron chi connectivity index (χ3n) is 4.73. The molecule has 3 rings (SSSR count). The first-order valence-electron chi connectivity index (χ1n) is 7.68. The monoisotopic (exact) mass is 246 g/mol. The molecule has 0 bridgehead atoms. The summed E-state index contributed by atoms with van der Waals surface area (Å²) in [7, 11) is 0. The molecule has 0 radical (unpaired) electrons. The lowest BCUT2D eigenvalue weighted by atomic mass is 9.85. The van der Waals surface area contributed by atoms with Crippen molar-refractivity contribution in [3.05, 3.63) is 23.8 Å². The van der Waals surface area contributed by atoms with E-state index in [0.29, 0.717) is 18.1 Å². The molecule has 4 atom stereocenters.